The van der Waals surface area contributed by atoms with Gasteiger partial charge < -0.3 is 4.90 Å². The number of likely N-dealkylation sites (tertiary alicyclic amines) is 1. The van der Waals surface area contributed by atoms with Crippen molar-refractivity contribution in [3.05, 3.63) is 0 Å². The van der Waals surface area contributed by atoms with Crippen LogP contribution in [0.25, 0.3) is 0 Å². The number of piperidine rings is 1. The van der Waals surface area contributed by atoms with E-state index < -0.39 is 0 Å². The number of hydrogen-bond donors (Lipinski definition) is 1. The third-order valence-electron chi connectivity index (χ3n) is 5.38. The van der Waals surface area contributed by atoms with E-state index >= 15 is 0 Å². The number of hydrogen-bond acceptors (Lipinski definition) is 1. The van der Waals surface area contributed by atoms with Crippen LogP contribution in [0.3, 0.4) is 0 Å². The van der Waals surface area contributed by atoms with Crippen LogP contribution in [0.5, 0.6) is 0 Å². The summed E-state index contributed by atoms with van der Waals surface area (Å²) in [5.74, 6) is 1.36. The highest BCUT2D eigenvalue weighted by Gasteiger charge is 2.35. The summed E-state index contributed by atoms with van der Waals surface area (Å²) < 4.78 is 0. The second kappa shape index (κ2) is 7.47. The highest BCUT2D eigenvalue weighted by atomic mass is 35.5. The molecule has 0 aromatic heterocycles. The number of rotatable bonds is 4. The summed E-state index contributed by atoms with van der Waals surface area (Å²) in [5, 5.41) is 0.0166. The Labute approximate surface area is 133 Å². The number of quaternary nitrogens is 1. The maximum absolute atomic E-state index is 12.5. The zero-order chi connectivity index (χ0) is 14.7. The predicted molar refractivity (Wildman–Crippen MR) is 84.8 cm³/mol. The lowest BCUT2D eigenvalue weighted by Gasteiger charge is -2.36. The van der Waals surface area contributed by atoms with Crippen molar-refractivity contribution in [1.82, 2.24) is 0 Å². The second-order valence-electron chi connectivity index (χ2n) is 6.80. The summed E-state index contributed by atoms with van der Waals surface area (Å²) >= 11 is 12.4. The summed E-state index contributed by atoms with van der Waals surface area (Å²) in [7, 11) is 0. The third kappa shape index (κ3) is 4.11. The van der Waals surface area contributed by atoms with Crippen molar-refractivity contribution in [3.8, 4) is 0 Å². The molecule has 0 amide bonds. The van der Waals surface area contributed by atoms with E-state index in [2.05, 4.69) is 13.8 Å². The van der Waals surface area contributed by atoms with Crippen molar-refractivity contribution in [2.75, 3.05) is 13.1 Å². The van der Waals surface area contributed by atoms with Gasteiger partial charge in [0.2, 0.25) is 0 Å². The topological polar surface area (TPSA) is 21.5 Å². The lowest BCUT2D eigenvalue weighted by Crippen LogP contribution is -3.17. The van der Waals surface area contributed by atoms with Crippen molar-refractivity contribution in [1.29, 1.82) is 0 Å². The Morgan fingerprint density at radius 3 is 2.55 bits per heavy atom. The van der Waals surface area contributed by atoms with Gasteiger partial charge in [-0.2, -0.15) is 0 Å². The summed E-state index contributed by atoms with van der Waals surface area (Å²) in [6, 6.07) is 0.623. The van der Waals surface area contributed by atoms with Crippen molar-refractivity contribution in [3.63, 3.8) is 0 Å². The Kier molecular flexibility index (Phi) is 6.19. The van der Waals surface area contributed by atoms with Gasteiger partial charge in [-0.25, -0.2) is 0 Å². The molecule has 6 atom stereocenters. The fraction of sp³-hybridized carbons (Fsp3) is 0.938. The van der Waals surface area contributed by atoms with Crippen LogP contribution < -0.4 is 4.90 Å². The summed E-state index contributed by atoms with van der Waals surface area (Å²) in [6.45, 7) is 6.41. The van der Waals surface area contributed by atoms with Crippen LogP contribution >= 0.6 is 23.2 Å². The van der Waals surface area contributed by atoms with Crippen molar-refractivity contribution in [2.45, 2.75) is 69.2 Å². The number of nitrogens with one attached hydrogen (secondary N) is 1. The first-order chi connectivity index (χ1) is 9.51. The van der Waals surface area contributed by atoms with E-state index in [1.807, 2.05) is 0 Å². The largest absolute Gasteiger partial charge is 0.326 e. The summed E-state index contributed by atoms with van der Waals surface area (Å²) in [6.07, 6.45) is 6.41. The van der Waals surface area contributed by atoms with E-state index in [9.17, 15) is 4.79 Å². The van der Waals surface area contributed by atoms with E-state index in [4.69, 9.17) is 23.2 Å². The van der Waals surface area contributed by atoms with Gasteiger partial charge in [0.1, 0.15) is 6.54 Å². The van der Waals surface area contributed by atoms with Gasteiger partial charge in [0.25, 0.3) is 0 Å². The zero-order valence-electron chi connectivity index (χ0n) is 12.7. The molecular formula is C16H28Cl2NO+. The molecule has 2 rings (SSSR count). The predicted octanol–water partition coefficient (Wildman–Crippen LogP) is 2.66. The average molecular weight is 321 g/mol. The smallest absolute Gasteiger partial charge is 0.189 e. The molecule has 1 aliphatic carbocycles. The number of ketones is 1. The van der Waals surface area contributed by atoms with Crippen LogP contribution in [0.4, 0.5) is 0 Å². The Morgan fingerprint density at radius 2 is 1.90 bits per heavy atom. The standard InChI is InChI=1S/C16H27Cl2NO/c1-3-12-5-4-11(2)19(9-12)10-16(20)13-6-7-14(17)15(18)8-13/h11-15H,3-10H2,1-2H3/p+1. The fourth-order valence-corrected chi connectivity index (χ4v) is 4.27. The van der Waals surface area contributed by atoms with E-state index in [1.54, 1.807) is 0 Å². The lowest BCUT2D eigenvalue weighted by atomic mass is 9.84. The van der Waals surface area contributed by atoms with Gasteiger partial charge in [-0.15, -0.1) is 23.2 Å². The minimum absolute atomic E-state index is 0.0310. The van der Waals surface area contributed by atoms with Crippen molar-refractivity contribution < 1.29 is 9.69 Å². The molecule has 0 aromatic carbocycles. The summed E-state index contributed by atoms with van der Waals surface area (Å²) in [5.41, 5.74) is 0. The van der Waals surface area contributed by atoms with Crippen LogP contribution in [0.1, 0.15) is 52.4 Å². The monoisotopic (exact) mass is 320 g/mol. The number of carbonyl (C=O) groups excluding carboxylic acids is 1. The van der Waals surface area contributed by atoms with Crippen LogP contribution in [-0.2, 0) is 4.79 Å². The normalized spacial score (nSPS) is 42.4. The molecule has 0 spiro atoms. The van der Waals surface area contributed by atoms with Gasteiger partial charge in [-0.1, -0.05) is 6.92 Å². The summed E-state index contributed by atoms with van der Waals surface area (Å²) in [4.78, 5) is 14.0. The van der Waals surface area contributed by atoms with Gasteiger partial charge in [0, 0.05) is 17.2 Å². The first-order valence-electron chi connectivity index (χ1n) is 8.16. The molecule has 0 bridgehead atoms. The van der Waals surface area contributed by atoms with Crippen LogP contribution in [0, 0.1) is 11.8 Å². The fourth-order valence-electron chi connectivity index (χ4n) is 3.70. The first-order valence-corrected chi connectivity index (χ1v) is 9.04. The lowest BCUT2D eigenvalue weighted by molar-refractivity contribution is -0.924. The van der Waals surface area contributed by atoms with Crippen molar-refractivity contribution in [2.24, 2.45) is 11.8 Å². The molecular weight excluding hydrogens is 293 g/mol. The molecule has 1 N–H and O–H groups in total. The average Bonchev–Trinajstić information content (AvgIpc) is 2.44. The molecule has 20 heavy (non-hydrogen) atoms. The van der Waals surface area contributed by atoms with E-state index in [-0.39, 0.29) is 16.7 Å². The second-order valence-corrected chi connectivity index (χ2v) is 7.92. The minimum Gasteiger partial charge on any atom is -0.326 e. The Morgan fingerprint density at radius 1 is 1.15 bits per heavy atom. The Hall–Kier alpha value is 0.210. The number of Topliss-reactive ketones (excluding diaryl/α,β-unsaturated/α-hetero) is 1. The molecule has 1 saturated heterocycles. The van der Waals surface area contributed by atoms with Crippen LogP contribution in [-0.4, -0.2) is 35.7 Å². The molecule has 1 saturated carbocycles. The van der Waals surface area contributed by atoms with Crippen LogP contribution in [0.15, 0.2) is 0 Å². The van der Waals surface area contributed by atoms with Gasteiger partial charge in [-0.05, 0) is 45.4 Å². The molecule has 4 heteroatoms. The zero-order valence-corrected chi connectivity index (χ0v) is 14.2. The molecule has 2 fully saturated rings. The molecule has 1 aliphatic heterocycles. The van der Waals surface area contributed by atoms with Crippen molar-refractivity contribution >= 4 is 29.0 Å². The molecule has 1 heterocycles. The number of alkyl halides is 2. The number of carbonyl (C=O) groups is 1. The quantitative estimate of drug-likeness (QED) is 0.790. The third-order valence-corrected chi connectivity index (χ3v) is 6.52. The van der Waals surface area contributed by atoms with E-state index in [1.165, 1.54) is 30.7 Å². The van der Waals surface area contributed by atoms with Gasteiger partial charge >= 0.3 is 0 Å². The van der Waals surface area contributed by atoms with Crippen LogP contribution in [0.2, 0.25) is 0 Å². The first kappa shape index (κ1) is 16.6. The Bertz CT molecular complexity index is 336. The molecule has 116 valence electrons. The minimum atomic E-state index is -0.0310. The number of halogens is 2. The molecule has 0 aromatic rings. The molecule has 6 unspecified atom stereocenters. The van der Waals surface area contributed by atoms with E-state index in [0.29, 0.717) is 18.4 Å². The molecule has 0 radical (unpaired) electrons. The highest BCUT2D eigenvalue weighted by Crippen LogP contribution is 2.31. The molecule has 2 nitrogen and oxygen atoms in total. The SMILES string of the molecule is CCC1CCC(C)[NH+](CC(=O)C2CCC(Cl)C(Cl)C2)C1. The molecule has 2 aliphatic rings. The maximum atomic E-state index is 12.5. The highest BCUT2D eigenvalue weighted by molar-refractivity contribution is 6.30. The van der Waals surface area contributed by atoms with Gasteiger partial charge in [0.15, 0.2) is 5.78 Å². The maximum Gasteiger partial charge on any atom is 0.189 e. The van der Waals surface area contributed by atoms with Gasteiger partial charge in [0.05, 0.1) is 18.0 Å². The van der Waals surface area contributed by atoms with Gasteiger partial charge in [-0.3, -0.25) is 4.79 Å². The Balaban J connectivity index is 1.87. The van der Waals surface area contributed by atoms with E-state index in [0.717, 1.165) is 25.2 Å².